The standard InChI is InChI=1S/C31H31F3N4O4S/c1-43(41,42)38(25-14-16-35-17-15-25)28-13-6-5-12-26(28)30(40)37-27(19-22-8-3-2-4-9-22)29(39)21-36-20-23-10-7-11-24(18-23)31(32,33)34/h2-18,27,29,36,39H,19-21H2,1H3,(H,37,40)/t27-,29+/m0/s1. The van der Waals surface area contributed by atoms with Gasteiger partial charge >= 0.3 is 6.18 Å². The van der Waals surface area contributed by atoms with Crippen molar-refractivity contribution in [1.82, 2.24) is 15.6 Å². The van der Waals surface area contributed by atoms with Gasteiger partial charge in [-0.05, 0) is 47.9 Å². The van der Waals surface area contributed by atoms with Gasteiger partial charge in [0.2, 0.25) is 10.0 Å². The van der Waals surface area contributed by atoms with E-state index in [-0.39, 0.29) is 36.4 Å². The van der Waals surface area contributed by atoms with Crippen LogP contribution >= 0.6 is 0 Å². The fraction of sp³-hybridized carbons (Fsp3) is 0.226. The van der Waals surface area contributed by atoms with Crippen LogP contribution in [-0.4, -0.2) is 49.4 Å². The highest BCUT2D eigenvalue weighted by Crippen LogP contribution is 2.31. The molecular weight excluding hydrogens is 581 g/mol. The maximum absolute atomic E-state index is 13.7. The molecule has 4 rings (SSSR count). The maximum Gasteiger partial charge on any atom is 0.416 e. The van der Waals surface area contributed by atoms with Crippen molar-refractivity contribution >= 4 is 27.3 Å². The lowest BCUT2D eigenvalue weighted by Crippen LogP contribution is -2.49. The van der Waals surface area contributed by atoms with E-state index < -0.39 is 39.8 Å². The number of hydrogen-bond acceptors (Lipinski definition) is 6. The smallest absolute Gasteiger partial charge is 0.390 e. The van der Waals surface area contributed by atoms with Gasteiger partial charge < -0.3 is 15.7 Å². The summed E-state index contributed by atoms with van der Waals surface area (Å²) >= 11 is 0. The van der Waals surface area contributed by atoms with Crippen LogP contribution in [0.15, 0.2) is 103 Å². The van der Waals surface area contributed by atoms with E-state index in [1.54, 1.807) is 18.2 Å². The van der Waals surface area contributed by atoms with Gasteiger partial charge in [0.15, 0.2) is 0 Å². The zero-order valence-corrected chi connectivity index (χ0v) is 24.0. The van der Waals surface area contributed by atoms with Crippen molar-refractivity contribution in [2.24, 2.45) is 0 Å². The zero-order valence-electron chi connectivity index (χ0n) is 23.2. The van der Waals surface area contributed by atoms with Gasteiger partial charge in [0.1, 0.15) is 0 Å². The van der Waals surface area contributed by atoms with Crippen molar-refractivity contribution in [3.8, 4) is 0 Å². The number of aliphatic hydroxyl groups is 1. The minimum atomic E-state index is -4.47. The third-order valence-electron chi connectivity index (χ3n) is 6.61. The molecule has 0 aliphatic rings. The summed E-state index contributed by atoms with van der Waals surface area (Å²) in [5.41, 5.74) is 0.910. The highest BCUT2D eigenvalue weighted by molar-refractivity contribution is 7.92. The molecule has 12 heteroatoms. The normalized spacial score (nSPS) is 13.2. The Morgan fingerprint density at radius 2 is 1.58 bits per heavy atom. The number of aliphatic hydroxyl groups excluding tert-OH is 1. The number of benzene rings is 3. The lowest BCUT2D eigenvalue weighted by atomic mass is 10.00. The Labute approximate surface area is 248 Å². The molecule has 3 aromatic carbocycles. The number of anilines is 2. The maximum atomic E-state index is 13.7. The Morgan fingerprint density at radius 3 is 2.26 bits per heavy atom. The topological polar surface area (TPSA) is 112 Å². The Hall–Kier alpha value is -4.26. The van der Waals surface area contributed by atoms with Crippen LogP contribution in [0.3, 0.4) is 0 Å². The van der Waals surface area contributed by atoms with Crippen LogP contribution in [0.4, 0.5) is 24.5 Å². The summed E-state index contributed by atoms with van der Waals surface area (Å²) in [7, 11) is -3.88. The third kappa shape index (κ3) is 8.63. The van der Waals surface area contributed by atoms with Gasteiger partial charge in [0.05, 0.1) is 40.9 Å². The molecule has 1 aromatic heterocycles. The molecule has 4 aromatic rings. The number of hydrogen-bond donors (Lipinski definition) is 3. The number of nitrogens with one attached hydrogen (secondary N) is 2. The molecule has 2 atom stereocenters. The fourth-order valence-electron chi connectivity index (χ4n) is 4.59. The number of pyridine rings is 1. The Balaban J connectivity index is 1.56. The third-order valence-corrected chi connectivity index (χ3v) is 7.68. The summed E-state index contributed by atoms with van der Waals surface area (Å²) in [5.74, 6) is -0.615. The molecule has 0 bridgehead atoms. The van der Waals surface area contributed by atoms with Crippen molar-refractivity contribution in [3.05, 3.63) is 126 Å². The van der Waals surface area contributed by atoms with Crippen molar-refractivity contribution in [2.75, 3.05) is 17.1 Å². The van der Waals surface area contributed by atoms with Crippen LogP contribution in [0.1, 0.15) is 27.0 Å². The number of carbonyl (C=O) groups excluding carboxylic acids is 1. The summed E-state index contributed by atoms with van der Waals surface area (Å²) < 4.78 is 66.0. The molecule has 8 nitrogen and oxygen atoms in total. The van der Waals surface area contributed by atoms with Crippen LogP contribution in [-0.2, 0) is 29.2 Å². The quantitative estimate of drug-likeness (QED) is 0.214. The van der Waals surface area contributed by atoms with Crippen LogP contribution in [0.2, 0.25) is 0 Å². The zero-order chi connectivity index (χ0) is 31.0. The molecule has 0 radical (unpaired) electrons. The van der Waals surface area contributed by atoms with Gasteiger partial charge in [-0.15, -0.1) is 0 Å². The number of alkyl halides is 3. The Kier molecular flexibility index (Phi) is 10.2. The average Bonchev–Trinajstić information content (AvgIpc) is 2.97. The number of sulfonamides is 1. The molecule has 0 spiro atoms. The van der Waals surface area contributed by atoms with Crippen molar-refractivity contribution in [2.45, 2.75) is 31.3 Å². The molecule has 0 saturated carbocycles. The molecule has 1 amide bonds. The predicted molar refractivity (Wildman–Crippen MR) is 158 cm³/mol. The molecule has 0 unspecified atom stereocenters. The Morgan fingerprint density at radius 1 is 0.930 bits per heavy atom. The van der Waals surface area contributed by atoms with E-state index in [1.807, 2.05) is 30.3 Å². The molecule has 0 fully saturated rings. The fourth-order valence-corrected chi connectivity index (χ4v) is 5.61. The number of halogens is 3. The first-order valence-electron chi connectivity index (χ1n) is 13.3. The molecule has 1 heterocycles. The van der Waals surface area contributed by atoms with Crippen LogP contribution in [0.25, 0.3) is 0 Å². The van der Waals surface area contributed by atoms with Gasteiger partial charge in [-0.3, -0.25) is 9.78 Å². The molecule has 226 valence electrons. The first kappa shape index (κ1) is 31.7. The van der Waals surface area contributed by atoms with Crippen LogP contribution in [0, 0.1) is 0 Å². The van der Waals surface area contributed by atoms with E-state index in [2.05, 4.69) is 15.6 Å². The molecule has 43 heavy (non-hydrogen) atoms. The second-order valence-corrected chi connectivity index (χ2v) is 11.7. The molecular formula is C31H31F3N4O4S. The lowest BCUT2D eigenvalue weighted by molar-refractivity contribution is -0.137. The average molecular weight is 613 g/mol. The summed E-state index contributed by atoms with van der Waals surface area (Å²) in [6.45, 7) is 0.0211. The molecule has 0 aliphatic carbocycles. The minimum Gasteiger partial charge on any atom is -0.390 e. The van der Waals surface area contributed by atoms with E-state index in [1.165, 1.54) is 42.7 Å². The summed E-state index contributed by atoms with van der Waals surface area (Å²) in [6, 6.07) is 22.4. The highest BCUT2D eigenvalue weighted by atomic mass is 32.2. The largest absolute Gasteiger partial charge is 0.416 e. The van der Waals surface area contributed by atoms with Gasteiger partial charge in [0, 0.05) is 25.5 Å². The van der Waals surface area contributed by atoms with Gasteiger partial charge in [-0.1, -0.05) is 60.7 Å². The van der Waals surface area contributed by atoms with Gasteiger partial charge in [0.25, 0.3) is 5.91 Å². The summed E-state index contributed by atoms with van der Waals surface area (Å²) in [5, 5.41) is 17.0. The predicted octanol–water partition coefficient (Wildman–Crippen LogP) is 4.69. The number of amides is 1. The number of nitrogens with zero attached hydrogens (tertiary/aromatic N) is 2. The Bertz CT molecular complexity index is 1620. The number of carbonyl (C=O) groups is 1. The number of para-hydroxylation sites is 1. The number of aromatic nitrogens is 1. The van der Waals surface area contributed by atoms with Crippen LogP contribution in [0.5, 0.6) is 0 Å². The summed E-state index contributed by atoms with van der Waals surface area (Å²) in [4.78, 5) is 17.6. The molecule has 0 saturated heterocycles. The second kappa shape index (κ2) is 13.8. The van der Waals surface area contributed by atoms with E-state index in [9.17, 15) is 31.5 Å². The number of rotatable bonds is 12. The first-order chi connectivity index (χ1) is 20.4. The van der Waals surface area contributed by atoms with E-state index in [4.69, 9.17) is 0 Å². The minimum absolute atomic E-state index is 0.0395. The molecule has 0 aliphatic heterocycles. The van der Waals surface area contributed by atoms with E-state index in [0.717, 1.165) is 28.3 Å². The monoisotopic (exact) mass is 612 g/mol. The van der Waals surface area contributed by atoms with Gasteiger partial charge in [-0.2, -0.15) is 13.2 Å². The highest BCUT2D eigenvalue weighted by Gasteiger charge is 2.31. The SMILES string of the molecule is CS(=O)(=O)N(c1ccncc1)c1ccccc1C(=O)N[C@@H](Cc1ccccc1)[C@H](O)CNCc1cccc(C(F)(F)F)c1. The van der Waals surface area contributed by atoms with Crippen molar-refractivity contribution in [3.63, 3.8) is 0 Å². The second-order valence-electron chi connectivity index (χ2n) is 9.92. The first-order valence-corrected chi connectivity index (χ1v) is 15.2. The van der Waals surface area contributed by atoms with Gasteiger partial charge in [-0.25, -0.2) is 12.7 Å². The lowest BCUT2D eigenvalue weighted by Gasteiger charge is -2.27. The molecule has 3 N–H and O–H groups in total. The van der Waals surface area contributed by atoms with Crippen LogP contribution < -0.4 is 14.9 Å². The summed E-state index contributed by atoms with van der Waals surface area (Å²) in [6.07, 6.45) is -1.47. The van der Waals surface area contributed by atoms with E-state index >= 15 is 0 Å². The van der Waals surface area contributed by atoms with Crippen molar-refractivity contribution in [1.29, 1.82) is 0 Å². The van der Waals surface area contributed by atoms with E-state index in [0.29, 0.717) is 5.56 Å². The van der Waals surface area contributed by atoms with Crippen molar-refractivity contribution < 1.29 is 31.5 Å².